The molecule has 30 heavy (non-hydrogen) atoms. The Bertz CT molecular complexity index is 929. The fraction of sp³-hybridized carbons (Fsp3) is 0.579. The summed E-state index contributed by atoms with van der Waals surface area (Å²) in [6, 6.07) is 3.81. The summed E-state index contributed by atoms with van der Waals surface area (Å²) in [6.07, 6.45) is -0.356. The molecule has 3 saturated heterocycles. The summed E-state index contributed by atoms with van der Waals surface area (Å²) in [7, 11) is 0. The molecule has 1 amide bonds. The van der Waals surface area contributed by atoms with Crippen molar-refractivity contribution in [3.63, 3.8) is 0 Å². The fourth-order valence-corrected chi connectivity index (χ4v) is 5.65. The van der Waals surface area contributed by atoms with Gasteiger partial charge in [0.2, 0.25) is 11.7 Å². The zero-order valence-electron chi connectivity index (χ0n) is 16.0. The van der Waals surface area contributed by atoms with Crippen LogP contribution in [-0.2, 0) is 11.0 Å². The molecule has 0 saturated carbocycles. The second kappa shape index (κ2) is 7.44. The lowest BCUT2D eigenvalue weighted by Crippen LogP contribution is -2.51. The monoisotopic (exact) mass is 439 g/mol. The molecule has 3 aliphatic rings. The maximum absolute atomic E-state index is 12.9. The highest BCUT2D eigenvalue weighted by Crippen LogP contribution is 2.36. The lowest BCUT2D eigenvalue weighted by Gasteiger charge is -2.37. The molecule has 160 valence electrons. The first-order chi connectivity index (χ1) is 14.4. The average Bonchev–Trinajstić information content (AvgIpc) is 3.49. The van der Waals surface area contributed by atoms with Gasteiger partial charge >= 0.3 is 12.1 Å². The molecule has 3 aliphatic heterocycles. The molecule has 0 aliphatic carbocycles. The van der Waals surface area contributed by atoms with Crippen molar-refractivity contribution < 1.29 is 22.5 Å². The number of anilines is 1. The van der Waals surface area contributed by atoms with E-state index < -0.39 is 12.1 Å². The van der Waals surface area contributed by atoms with Gasteiger partial charge in [-0.1, -0.05) is 5.16 Å². The van der Waals surface area contributed by atoms with Gasteiger partial charge in [0.25, 0.3) is 0 Å². The first-order valence-corrected chi connectivity index (χ1v) is 11.1. The molecule has 11 heteroatoms. The number of piperazine rings is 1. The minimum atomic E-state index is -4.67. The molecule has 0 aromatic carbocycles. The minimum Gasteiger partial charge on any atom is -0.350 e. The molecule has 0 N–H and O–H groups in total. The van der Waals surface area contributed by atoms with Gasteiger partial charge in [0, 0.05) is 30.8 Å². The van der Waals surface area contributed by atoms with Crippen LogP contribution in [0.15, 0.2) is 22.9 Å². The SMILES string of the molecule is O=C(C1CCSCC1)N1CC2CC1CN2c1ccc(-c2noc(C(F)(F)F)n2)cn1. The van der Waals surface area contributed by atoms with Crippen molar-refractivity contribution in [1.29, 1.82) is 0 Å². The van der Waals surface area contributed by atoms with Crippen LogP contribution in [0.5, 0.6) is 0 Å². The first-order valence-electron chi connectivity index (χ1n) is 9.92. The maximum Gasteiger partial charge on any atom is 0.471 e. The predicted octanol–water partition coefficient (Wildman–Crippen LogP) is 3.08. The van der Waals surface area contributed by atoms with E-state index in [1.165, 1.54) is 6.20 Å². The Morgan fingerprint density at radius 1 is 1.17 bits per heavy atom. The number of alkyl halides is 3. The summed E-state index contributed by atoms with van der Waals surface area (Å²) in [5.41, 5.74) is 0.356. The zero-order valence-corrected chi connectivity index (χ0v) is 16.8. The van der Waals surface area contributed by atoms with E-state index in [0.29, 0.717) is 18.0 Å². The Balaban J connectivity index is 1.25. The largest absolute Gasteiger partial charge is 0.471 e. The number of carbonyl (C=O) groups excluding carboxylic acids is 1. The summed E-state index contributed by atoms with van der Waals surface area (Å²) < 4.78 is 42.2. The van der Waals surface area contributed by atoms with Gasteiger partial charge in [-0.2, -0.15) is 29.9 Å². The van der Waals surface area contributed by atoms with Crippen LogP contribution in [-0.4, -0.2) is 62.6 Å². The number of aromatic nitrogens is 3. The van der Waals surface area contributed by atoms with E-state index in [2.05, 4.69) is 24.5 Å². The molecule has 2 atom stereocenters. The van der Waals surface area contributed by atoms with Crippen molar-refractivity contribution in [3.8, 4) is 11.4 Å². The standard InChI is InChI=1S/C19H20F3N5O2S/c20-19(21,22)18-24-16(25-29-18)12-1-2-15(23-8-12)26-9-14-7-13(26)10-27(14)17(28)11-3-5-30-6-4-11/h1-2,8,11,13-14H,3-7,9-10H2. The van der Waals surface area contributed by atoms with Gasteiger partial charge in [0.05, 0.1) is 12.1 Å². The van der Waals surface area contributed by atoms with Gasteiger partial charge in [0.15, 0.2) is 0 Å². The van der Waals surface area contributed by atoms with Crippen LogP contribution in [0.3, 0.4) is 0 Å². The van der Waals surface area contributed by atoms with Crippen molar-refractivity contribution >= 4 is 23.5 Å². The van der Waals surface area contributed by atoms with E-state index in [-0.39, 0.29) is 23.8 Å². The van der Waals surface area contributed by atoms with Crippen molar-refractivity contribution in [3.05, 3.63) is 24.2 Å². The third-order valence-corrected chi connectivity index (χ3v) is 7.11. The average molecular weight is 439 g/mol. The van der Waals surface area contributed by atoms with Gasteiger partial charge in [0.1, 0.15) is 5.82 Å². The van der Waals surface area contributed by atoms with Gasteiger partial charge in [-0.3, -0.25) is 4.79 Å². The normalized spacial score (nSPS) is 24.6. The van der Waals surface area contributed by atoms with Gasteiger partial charge in [-0.25, -0.2) is 4.98 Å². The topological polar surface area (TPSA) is 75.4 Å². The summed E-state index contributed by atoms with van der Waals surface area (Å²) in [5.74, 6) is 1.80. The fourth-order valence-electron chi connectivity index (χ4n) is 4.54. The highest BCUT2D eigenvalue weighted by molar-refractivity contribution is 7.99. The molecule has 2 aromatic rings. The van der Waals surface area contributed by atoms with Crippen LogP contribution in [0.1, 0.15) is 25.2 Å². The minimum absolute atomic E-state index is 0.147. The van der Waals surface area contributed by atoms with E-state index in [1.807, 2.05) is 16.7 Å². The summed E-state index contributed by atoms with van der Waals surface area (Å²) in [5, 5.41) is 3.39. The number of hydrogen-bond donors (Lipinski definition) is 0. The molecular formula is C19H20F3N5O2S. The Morgan fingerprint density at radius 3 is 2.57 bits per heavy atom. The maximum atomic E-state index is 12.9. The number of nitrogens with zero attached hydrogens (tertiary/aromatic N) is 5. The number of rotatable bonds is 3. The molecule has 3 fully saturated rings. The Labute approximate surface area is 175 Å². The molecule has 0 spiro atoms. The lowest BCUT2D eigenvalue weighted by atomic mass is 10.0. The number of carbonyl (C=O) groups is 1. The Morgan fingerprint density at radius 2 is 1.97 bits per heavy atom. The van der Waals surface area contributed by atoms with Crippen LogP contribution in [0.4, 0.5) is 19.0 Å². The van der Waals surface area contributed by atoms with Crippen molar-refractivity contribution in [2.75, 3.05) is 29.5 Å². The van der Waals surface area contributed by atoms with Crippen molar-refractivity contribution in [2.45, 2.75) is 37.5 Å². The van der Waals surface area contributed by atoms with Crippen LogP contribution in [0, 0.1) is 5.92 Å². The molecule has 7 nitrogen and oxygen atoms in total. The molecule has 2 bridgehead atoms. The van der Waals surface area contributed by atoms with Gasteiger partial charge in [-0.15, -0.1) is 0 Å². The number of hydrogen-bond acceptors (Lipinski definition) is 7. The summed E-state index contributed by atoms with van der Waals surface area (Å²) >= 11 is 1.92. The number of fused-ring (bicyclic) bond motifs is 2. The quantitative estimate of drug-likeness (QED) is 0.728. The van der Waals surface area contributed by atoms with E-state index >= 15 is 0 Å². The van der Waals surface area contributed by atoms with E-state index in [1.54, 1.807) is 12.1 Å². The van der Waals surface area contributed by atoms with Crippen LogP contribution < -0.4 is 4.90 Å². The van der Waals surface area contributed by atoms with Crippen molar-refractivity contribution in [2.24, 2.45) is 5.92 Å². The summed E-state index contributed by atoms with van der Waals surface area (Å²) in [6.45, 7) is 1.43. The Kier molecular flexibility index (Phi) is 4.87. The van der Waals surface area contributed by atoms with Crippen LogP contribution in [0.25, 0.3) is 11.4 Å². The third-order valence-electron chi connectivity index (χ3n) is 6.06. The van der Waals surface area contributed by atoms with E-state index in [9.17, 15) is 18.0 Å². The van der Waals surface area contributed by atoms with Crippen LogP contribution in [0.2, 0.25) is 0 Å². The second-order valence-corrected chi connectivity index (χ2v) is 9.12. The molecule has 5 heterocycles. The van der Waals surface area contributed by atoms with E-state index in [0.717, 1.165) is 43.1 Å². The number of likely N-dealkylation sites (tertiary alicyclic amines) is 1. The molecule has 2 aromatic heterocycles. The van der Waals surface area contributed by atoms with Gasteiger partial charge < -0.3 is 14.3 Å². The third kappa shape index (κ3) is 3.52. The number of amides is 1. The number of thioether (sulfide) groups is 1. The van der Waals surface area contributed by atoms with Gasteiger partial charge in [-0.05, 0) is 42.9 Å². The highest BCUT2D eigenvalue weighted by Gasteiger charge is 2.47. The van der Waals surface area contributed by atoms with E-state index in [4.69, 9.17) is 0 Å². The predicted molar refractivity (Wildman–Crippen MR) is 104 cm³/mol. The zero-order chi connectivity index (χ0) is 20.9. The number of halogens is 3. The smallest absolute Gasteiger partial charge is 0.350 e. The number of pyridine rings is 1. The molecule has 2 unspecified atom stereocenters. The molecular weight excluding hydrogens is 419 g/mol. The first kappa shape index (κ1) is 19.7. The Hall–Kier alpha value is -2.30. The second-order valence-electron chi connectivity index (χ2n) is 7.90. The summed E-state index contributed by atoms with van der Waals surface area (Å²) in [4.78, 5) is 24.9. The lowest BCUT2D eigenvalue weighted by molar-refractivity contribution is -0.159. The van der Waals surface area contributed by atoms with Crippen LogP contribution >= 0.6 is 11.8 Å². The molecule has 5 rings (SSSR count). The molecule has 0 radical (unpaired) electrons. The van der Waals surface area contributed by atoms with Crippen molar-refractivity contribution in [1.82, 2.24) is 20.0 Å². The highest BCUT2D eigenvalue weighted by atomic mass is 32.2.